The summed E-state index contributed by atoms with van der Waals surface area (Å²) >= 11 is 0. The van der Waals surface area contributed by atoms with E-state index < -0.39 is 69.5 Å². The average Bonchev–Trinajstić information content (AvgIpc) is 2.95. The number of carbonyl (C=O) groups is 1. The molecule has 0 aliphatic carbocycles. The molecule has 0 N–H and O–H groups in total. The van der Waals surface area contributed by atoms with Crippen LogP contribution in [-0.2, 0) is 29.2 Å². The minimum absolute atomic E-state index is 0.390. The Bertz CT molecular complexity index is 1500. The van der Waals surface area contributed by atoms with Gasteiger partial charge in [-0.15, -0.1) is 10.0 Å². The van der Waals surface area contributed by atoms with E-state index in [4.69, 9.17) is 4.74 Å². The van der Waals surface area contributed by atoms with Crippen molar-refractivity contribution in [1.82, 2.24) is 0 Å². The lowest BCUT2D eigenvalue weighted by atomic mass is 10.3. The van der Waals surface area contributed by atoms with Gasteiger partial charge in [-0.25, -0.2) is 21.6 Å². The second-order valence-electron chi connectivity index (χ2n) is 8.90. The second kappa shape index (κ2) is 12.7. The van der Waals surface area contributed by atoms with Crippen LogP contribution >= 0.6 is 10.0 Å². The first kappa shape index (κ1) is 34.2. The van der Waals surface area contributed by atoms with Crippen LogP contribution in [0.25, 0.3) is 0 Å². The molecule has 15 heteroatoms. The molecule has 6 nitrogen and oxygen atoms in total. The first-order valence-electron chi connectivity index (χ1n) is 12.4. The molecule has 0 atom stereocenters. The zero-order chi connectivity index (χ0) is 32.2. The Kier molecular flexibility index (Phi) is 10.1. The van der Waals surface area contributed by atoms with Gasteiger partial charge in [-0.05, 0) is 56.2 Å². The van der Waals surface area contributed by atoms with Crippen LogP contribution in [0.4, 0.5) is 26.3 Å². The van der Waals surface area contributed by atoms with Crippen LogP contribution in [0, 0.1) is 0 Å². The van der Waals surface area contributed by atoms with Crippen molar-refractivity contribution >= 4 is 35.7 Å². The monoisotopic (exact) mass is 668 g/mol. The lowest BCUT2D eigenvalue weighted by molar-refractivity contribution is -0.137. The molecule has 0 bridgehead atoms. The fourth-order valence-electron chi connectivity index (χ4n) is 4.71. The number of benzene rings is 3. The minimum Gasteiger partial charge on any atom is -0.463 e. The standard InChI is InChI=1S/C28H26F6O6S3/c1-2-13-25(35)40-21-12-20-26(42(36,37)27(29,30)31,43(38,39)28(32,33)34)41(22-14-6-3-7-15-22,23-16-8-4-9-17-23)24-18-10-5-11-19-24/h2-11,13-19H,12,20-21H2,1H3. The molecule has 0 saturated carbocycles. The van der Waals surface area contributed by atoms with Crippen LogP contribution in [0.2, 0.25) is 0 Å². The molecule has 3 aromatic carbocycles. The molecule has 3 rings (SSSR count). The molecule has 3 aromatic rings. The molecule has 0 aliphatic rings. The quantitative estimate of drug-likeness (QED) is 0.0916. The summed E-state index contributed by atoms with van der Waals surface area (Å²) in [5.41, 5.74) is -12.9. The van der Waals surface area contributed by atoms with Crippen molar-refractivity contribution in [3.8, 4) is 0 Å². The Balaban J connectivity index is 2.69. The Morgan fingerprint density at radius 1 is 0.674 bits per heavy atom. The number of sulfone groups is 2. The SMILES string of the molecule is CC=CC(=O)OCCCC(S(c1ccccc1)(c1ccccc1)c1ccccc1)(S(=O)(=O)C(F)(F)F)S(=O)(=O)C(F)(F)F. The van der Waals surface area contributed by atoms with Crippen molar-refractivity contribution in [1.29, 1.82) is 0 Å². The maximum Gasteiger partial charge on any atom is 0.499 e. The van der Waals surface area contributed by atoms with Gasteiger partial charge in [-0.2, -0.15) is 26.3 Å². The molecule has 234 valence electrons. The van der Waals surface area contributed by atoms with Crippen molar-refractivity contribution in [2.45, 2.75) is 48.9 Å². The molecule has 0 spiro atoms. The number of carbonyl (C=O) groups excluding carboxylic acids is 1. The Morgan fingerprint density at radius 3 is 1.33 bits per heavy atom. The lowest BCUT2D eigenvalue weighted by Gasteiger charge is -2.54. The van der Waals surface area contributed by atoms with Crippen molar-refractivity contribution in [3.05, 3.63) is 103 Å². The van der Waals surface area contributed by atoms with Gasteiger partial charge in [0.25, 0.3) is 19.7 Å². The van der Waals surface area contributed by atoms with Crippen LogP contribution in [0.3, 0.4) is 0 Å². The molecule has 0 amide bonds. The highest BCUT2D eigenvalue weighted by Gasteiger charge is 2.79. The number of esters is 1. The number of hydrogen-bond acceptors (Lipinski definition) is 6. The smallest absolute Gasteiger partial charge is 0.463 e. The van der Waals surface area contributed by atoms with E-state index in [2.05, 4.69) is 0 Å². The Morgan fingerprint density at radius 2 is 1.02 bits per heavy atom. The number of allylic oxidation sites excluding steroid dienone is 1. The summed E-state index contributed by atoms with van der Waals surface area (Å²) in [4.78, 5) is 10.7. The number of ether oxygens (including phenoxy) is 1. The predicted octanol–water partition coefficient (Wildman–Crippen LogP) is 7.39. The summed E-state index contributed by atoms with van der Waals surface area (Å²) < 4.78 is 144. The third kappa shape index (κ3) is 5.81. The van der Waals surface area contributed by atoms with Crippen LogP contribution in [0.1, 0.15) is 19.8 Å². The largest absolute Gasteiger partial charge is 0.499 e. The van der Waals surface area contributed by atoms with Crippen molar-refractivity contribution in [2.24, 2.45) is 0 Å². The minimum atomic E-state index is -7.28. The molecule has 0 unspecified atom stereocenters. The third-order valence-corrected chi connectivity index (χ3v) is 17.8. The fraction of sp³-hybridized carbons (Fsp3) is 0.250. The van der Waals surface area contributed by atoms with E-state index in [0.29, 0.717) is 0 Å². The maximum absolute atomic E-state index is 14.8. The summed E-state index contributed by atoms with van der Waals surface area (Å²) in [6.07, 6.45) is -0.549. The van der Waals surface area contributed by atoms with Crippen LogP contribution in [-0.4, -0.2) is 43.8 Å². The van der Waals surface area contributed by atoms with E-state index in [0.717, 1.165) is 42.5 Å². The first-order chi connectivity index (χ1) is 20.0. The Hall–Kier alpha value is -3.30. The second-order valence-corrected chi connectivity index (χ2v) is 17.3. The molecular weight excluding hydrogens is 642 g/mol. The predicted molar refractivity (Wildman–Crippen MR) is 149 cm³/mol. The van der Waals surface area contributed by atoms with Crippen molar-refractivity contribution in [3.63, 3.8) is 0 Å². The highest BCUT2D eigenvalue weighted by atomic mass is 32.3. The van der Waals surface area contributed by atoms with Gasteiger partial charge in [0.2, 0.25) is 3.41 Å². The molecular formula is C28H26F6O6S3. The molecule has 0 aromatic heterocycles. The van der Waals surface area contributed by atoms with Crippen LogP contribution in [0.5, 0.6) is 0 Å². The van der Waals surface area contributed by atoms with Crippen molar-refractivity contribution in [2.75, 3.05) is 6.61 Å². The lowest BCUT2D eigenvalue weighted by Crippen LogP contribution is -2.58. The van der Waals surface area contributed by atoms with E-state index >= 15 is 0 Å². The van der Waals surface area contributed by atoms with E-state index in [-0.39, 0.29) is 14.7 Å². The van der Waals surface area contributed by atoms with Gasteiger partial charge in [0.1, 0.15) is 0 Å². The van der Waals surface area contributed by atoms with E-state index in [9.17, 15) is 48.0 Å². The van der Waals surface area contributed by atoms with Gasteiger partial charge in [0.05, 0.1) is 6.61 Å². The number of halogens is 6. The number of hydrogen-bond donors (Lipinski definition) is 0. The molecule has 0 aliphatic heterocycles. The number of alkyl halides is 6. The van der Waals surface area contributed by atoms with E-state index in [1.807, 2.05) is 0 Å². The highest BCUT2D eigenvalue weighted by Crippen LogP contribution is 2.81. The molecule has 43 heavy (non-hydrogen) atoms. The Labute approximate surface area is 246 Å². The van der Waals surface area contributed by atoms with Crippen LogP contribution in [0.15, 0.2) is 118 Å². The van der Waals surface area contributed by atoms with Gasteiger partial charge < -0.3 is 4.74 Å². The van der Waals surface area contributed by atoms with E-state index in [1.54, 1.807) is 0 Å². The average molecular weight is 669 g/mol. The highest BCUT2D eigenvalue weighted by molar-refractivity contribution is 8.47. The third-order valence-electron chi connectivity index (χ3n) is 6.36. The molecule has 0 fully saturated rings. The summed E-state index contributed by atoms with van der Waals surface area (Å²) in [6.45, 7) is 0.564. The van der Waals surface area contributed by atoms with Gasteiger partial charge >= 0.3 is 17.0 Å². The maximum atomic E-state index is 14.8. The van der Waals surface area contributed by atoms with Gasteiger partial charge in [0.15, 0.2) is 0 Å². The van der Waals surface area contributed by atoms with Crippen LogP contribution < -0.4 is 0 Å². The topological polar surface area (TPSA) is 94.6 Å². The number of rotatable bonds is 11. The zero-order valence-corrected chi connectivity index (χ0v) is 24.8. The van der Waals surface area contributed by atoms with E-state index in [1.165, 1.54) is 67.6 Å². The van der Waals surface area contributed by atoms with Gasteiger partial charge in [-0.3, -0.25) is 0 Å². The summed E-state index contributed by atoms with van der Waals surface area (Å²) in [6, 6.07) is 18.3. The van der Waals surface area contributed by atoms with Gasteiger partial charge in [0, 0.05) is 20.8 Å². The molecule has 0 saturated heterocycles. The summed E-state index contributed by atoms with van der Waals surface area (Å²) in [5.74, 6) is -1.02. The summed E-state index contributed by atoms with van der Waals surface area (Å²) in [5, 5.41) is 0. The first-order valence-corrected chi connectivity index (χ1v) is 17.0. The van der Waals surface area contributed by atoms with Gasteiger partial charge in [-0.1, -0.05) is 60.7 Å². The molecule has 0 radical (unpaired) electrons. The van der Waals surface area contributed by atoms with Crippen molar-refractivity contribution < 1.29 is 52.7 Å². The fourth-order valence-corrected chi connectivity index (χ4v) is 16.9. The normalized spacial score (nSPS) is 14.0. The molecule has 0 heterocycles. The summed E-state index contributed by atoms with van der Waals surface area (Å²) in [7, 11) is -19.2. The zero-order valence-electron chi connectivity index (χ0n) is 22.4.